The summed E-state index contributed by atoms with van der Waals surface area (Å²) in [5, 5.41) is 0. The molecule has 0 aliphatic carbocycles. The van der Waals surface area contributed by atoms with Crippen molar-refractivity contribution in [1.29, 1.82) is 0 Å². The number of likely N-dealkylation sites (tertiary alicyclic amines) is 1. The van der Waals surface area contributed by atoms with Gasteiger partial charge in [-0.2, -0.15) is 0 Å². The molecule has 0 spiro atoms. The van der Waals surface area contributed by atoms with Gasteiger partial charge >= 0.3 is 5.97 Å². The number of carbonyl (C=O) groups excluding carboxylic acids is 1. The number of carbonyl (C=O) groups is 1. The largest absolute Gasteiger partial charge is 0.454 e. The zero-order valence-corrected chi connectivity index (χ0v) is 12.1. The summed E-state index contributed by atoms with van der Waals surface area (Å²) >= 11 is 0. The van der Waals surface area contributed by atoms with Gasteiger partial charge in [0.15, 0.2) is 0 Å². The molecule has 0 N–H and O–H groups in total. The number of ether oxygens (including phenoxy) is 1. The van der Waals surface area contributed by atoms with E-state index in [9.17, 15) is 4.79 Å². The van der Waals surface area contributed by atoms with Crippen molar-refractivity contribution in [2.24, 2.45) is 0 Å². The highest BCUT2D eigenvalue weighted by Gasteiger charge is 2.39. The van der Waals surface area contributed by atoms with E-state index in [0.29, 0.717) is 6.04 Å². The lowest BCUT2D eigenvalue weighted by atomic mass is 9.84. The van der Waals surface area contributed by atoms with E-state index in [2.05, 4.69) is 31.0 Å². The topological polar surface area (TPSA) is 29.5 Å². The summed E-state index contributed by atoms with van der Waals surface area (Å²) in [6, 6.07) is 10.6. The molecular formula is C16H23NO2. The lowest BCUT2D eigenvalue weighted by molar-refractivity contribution is -0.160. The molecule has 104 valence electrons. The maximum Gasteiger partial charge on any atom is 0.303 e. The molecule has 1 saturated heterocycles. The van der Waals surface area contributed by atoms with Gasteiger partial charge in [0.2, 0.25) is 0 Å². The molecule has 2 unspecified atom stereocenters. The van der Waals surface area contributed by atoms with E-state index in [0.717, 1.165) is 31.4 Å². The van der Waals surface area contributed by atoms with Crippen LogP contribution < -0.4 is 0 Å². The fourth-order valence-electron chi connectivity index (χ4n) is 3.00. The van der Waals surface area contributed by atoms with Crippen molar-refractivity contribution in [1.82, 2.24) is 4.90 Å². The summed E-state index contributed by atoms with van der Waals surface area (Å²) in [4.78, 5) is 13.9. The van der Waals surface area contributed by atoms with E-state index in [1.165, 1.54) is 6.92 Å². The van der Waals surface area contributed by atoms with Crippen molar-refractivity contribution in [2.75, 3.05) is 13.6 Å². The monoisotopic (exact) mass is 261 g/mol. The smallest absolute Gasteiger partial charge is 0.303 e. The highest BCUT2D eigenvalue weighted by atomic mass is 16.6. The maximum absolute atomic E-state index is 11.6. The van der Waals surface area contributed by atoms with Crippen molar-refractivity contribution in [2.45, 2.75) is 44.8 Å². The van der Waals surface area contributed by atoms with Crippen LogP contribution in [0.3, 0.4) is 0 Å². The molecule has 2 atom stereocenters. The minimum Gasteiger partial charge on any atom is -0.454 e. The minimum absolute atomic E-state index is 0.194. The average molecular weight is 261 g/mol. The molecule has 0 saturated carbocycles. The molecule has 19 heavy (non-hydrogen) atoms. The van der Waals surface area contributed by atoms with Gasteiger partial charge in [-0.15, -0.1) is 0 Å². The Morgan fingerprint density at radius 3 is 2.68 bits per heavy atom. The van der Waals surface area contributed by atoms with Gasteiger partial charge in [-0.3, -0.25) is 4.79 Å². The van der Waals surface area contributed by atoms with Crippen LogP contribution in [0.4, 0.5) is 0 Å². The number of benzene rings is 1. The molecular weight excluding hydrogens is 238 g/mol. The van der Waals surface area contributed by atoms with Crippen LogP contribution in [-0.4, -0.2) is 30.5 Å². The number of hydrogen-bond donors (Lipinski definition) is 0. The first-order valence-electron chi connectivity index (χ1n) is 6.99. The third-order valence-corrected chi connectivity index (χ3v) is 4.11. The molecule has 0 amide bonds. The molecule has 0 radical (unpaired) electrons. The van der Waals surface area contributed by atoms with Crippen molar-refractivity contribution in [3.8, 4) is 0 Å². The van der Waals surface area contributed by atoms with Gasteiger partial charge in [0, 0.05) is 19.4 Å². The van der Waals surface area contributed by atoms with E-state index in [4.69, 9.17) is 4.74 Å². The van der Waals surface area contributed by atoms with Gasteiger partial charge in [-0.05, 0) is 38.9 Å². The van der Waals surface area contributed by atoms with Gasteiger partial charge in [-0.25, -0.2) is 0 Å². The van der Waals surface area contributed by atoms with Crippen molar-refractivity contribution in [3.05, 3.63) is 35.9 Å². The third kappa shape index (κ3) is 3.16. The summed E-state index contributed by atoms with van der Waals surface area (Å²) in [5.74, 6) is -0.194. The zero-order valence-electron chi connectivity index (χ0n) is 12.1. The first-order valence-corrected chi connectivity index (χ1v) is 6.99. The Kier molecular flexibility index (Phi) is 4.25. The molecule has 1 aliphatic rings. The first-order chi connectivity index (χ1) is 9.03. The number of rotatable bonds is 2. The molecule has 1 fully saturated rings. The second-order valence-corrected chi connectivity index (χ2v) is 5.59. The quantitative estimate of drug-likeness (QED) is 0.767. The molecule has 0 bridgehead atoms. The lowest BCUT2D eigenvalue weighted by Gasteiger charge is -2.35. The summed E-state index contributed by atoms with van der Waals surface area (Å²) in [7, 11) is 2.14. The van der Waals surface area contributed by atoms with Crippen LogP contribution in [0, 0.1) is 0 Å². The summed E-state index contributed by atoms with van der Waals surface area (Å²) in [6.07, 6.45) is 2.79. The third-order valence-electron chi connectivity index (χ3n) is 4.11. The predicted octanol–water partition coefficient (Wildman–Crippen LogP) is 2.95. The second-order valence-electron chi connectivity index (χ2n) is 5.59. The van der Waals surface area contributed by atoms with Gasteiger partial charge in [-0.1, -0.05) is 30.3 Å². The summed E-state index contributed by atoms with van der Waals surface area (Å²) in [6.45, 7) is 4.76. The maximum atomic E-state index is 11.6. The van der Waals surface area contributed by atoms with Crippen molar-refractivity contribution >= 4 is 5.97 Å². The van der Waals surface area contributed by atoms with Crippen LogP contribution in [0.1, 0.15) is 38.7 Å². The molecule has 2 rings (SSSR count). The minimum atomic E-state index is -0.461. The van der Waals surface area contributed by atoms with E-state index in [1.54, 1.807) is 0 Å². The van der Waals surface area contributed by atoms with Crippen LogP contribution in [0.25, 0.3) is 0 Å². The van der Waals surface area contributed by atoms with Crippen LogP contribution in [-0.2, 0) is 15.1 Å². The zero-order chi connectivity index (χ0) is 13.9. The predicted molar refractivity (Wildman–Crippen MR) is 75.8 cm³/mol. The number of nitrogens with zero attached hydrogens (tertiary/aromatic N) is 1. The molecule has 1 aromatic carbocycles. The van der Waals surface area contributed by atoms with Gasteiger partial charge in [0.25, 0.3) is 0 Å². The Morgan fingerprint density at radius 2 is 2.05 bits per heavy atom. The SMILES string of the molecule is CC(=O)OC1(c2ccccc2)CCCN(C)C(C)C1. The normalized spacial score (nSPS) is 28.7. The highest BCUT2D eigenvalue weighted by Crippen LogP contribution is 2.38. The van der Waals surface area contributed by atoms with Crippen LogP contribution >= 0.6 is 0 Å². The molecule has 3 nitrogen and oxygen atoms in total. The van der Waals surface area contributed by atoms with E-state index in [-0.39, 0.29) is 5.97 Å². The molecule has 1 aromatic rings. The van der Waals surface area contributed by atoms with Crippen molar-refractivity contribution in [3.63, 3.8) is 0 Å². The highest BCUT2D eigenvalue weighted by molar-refractivity contribution is 5.67. The Hall–Kier alpha value is -1.35. The van der Waals surface area contributed by atoms with Gasteiger partial charge in [0.1, 0.15) is 5.60 Å². The van der Waals surface area contributed by atoms with E-state index >= 15 is 0 Å². The lowest BCUT2D eigenvalue weighted by Crippen LogP contribution is -2.37. The van der Waals surface area contributed by atoms with E-state index < -0.39 is 5.60 Å². The molecule has 0 aromatic heterocycles. The Labute approximate surface area is 115 Å². The first kappa shape index (κ1) is 14.1. The Morgan fingerprint density at radius 1 is 1.37 bits per heavy atom. The molecule has 1 heterocycles. The summed E-state index contributed by atoms with van der Waals surface area (Å²) in [5.41, 5.74) is 0.657. The Balaban J connectivity index is 2.36. The summed E-state index contributed by atoms with van der Waals surface area (Å²) < 4.78 is 5.80. The average Bonchev–Trinajstić information content (AvgIpc) is 2.51. The van der Waals surface area contributed by atoms with Gasteiger partial charge < -0.3 is 9.64 Å². The van der Waals surface area contributed by atoms with Gasteiger partial charge in [0.05, 0.1) is 0 Å². The second kappa shape index (κ2) is 5.74. The van der Waals surface area contributed by atoms with Crippen LogP contribution in [0.15, 0.2) is 30.3 Å². The van der Waals surface area contributed by atoms with E-state index in [1.807, 2.05) is 18.2 Å². The number of esters is 1. The van der Waals surface area contributed by atoms with Crippen LogP contribution in [0.2, 0.25) is 0 Å². The number of hydrogen-bond acceptors (Lipinski definition) is 3. The molecule has 1 aliphatic heterocycles. The standard InChI is InChI=1S/C16H23NO2/c1-13-12-16(19-14(2)18,10-7-11-17(13)3)15-8-5-4-6-9-15/h4-6,8-9,13H,7,10-12H2,1-3H3. The Bertz CT molecular complexity index is 432. The van der Waals surface area contributed by atoms with Crippen molar-refractivity contribution < 1.29 is 9.53 Å². The van der Waals surface area contributed by atoms with Crippen LogP contribution in [0.5, 0.6) is 0 Å². The fraction of sp³-hybridized carbons (Fsp3) is 0.562. The molecule has 3 heteroatoms. The fourth-order valence-corrected chi connectivity index (χ4v) is 3.00.